The molecule has 1 aromatic carbocycles. The van der Waals surface area contributed by atoms with E-state index in [1.54, 1.807) is 7.11 Å². The zero-order valence-electron chi connectivity index (χ0n) is 14.5. The normalized spacial score (nSPS) is 10.5. The van der Waals surface area contributed by atoms with Crippen molar-refractivity contribution >= 4 is 12.4 Å². The van der Waals surface area contributed by atoms with Gasteiger partial charge in [-0.25, -0.2) is 4.98 Å². The topological polar surface area (TPSA) is 44.9 Å². The first-order valence-electron chi connectivity index (χ1n) is 7.72. The Labute approximate surface area is 148 Å². The van der Waals surface area contributed by atoms with E-state index in [1.165, 1.54) is 11.1 Å². The molecule has 0 bridgehead atoms. The highest BCUT2D eigenvalue weighted by Crippen LogP contribution is 2.23. The standard InChI is InChI=1S/C18H22N4O.ClH/c1-13-9-15(5-6-18(13)23-4)7-8-22-12-19-10-17(22)16-11-21(3)20-14(16)2;/h5-6,9-12H,7-8H2,1-4H3;1H. The van der Waals surface area contributed by atoms with Crippen molar-refractivity contribution in [1.29, 1.82) is 0 Å². The van der Waals surface area contributed by atoms with E-state index in [-0.39, 0.29) is 12.4 Å². The van der Waals surface area contributed by atoms with Gasteiger partial charge in [-0.15, -0.1) is 12.4 Å². The number of halogens is 1. The van der Waals surface area contributed by atoms with Gasteiger partial charge in [-0.3, -0.25) is 4.68 Å². The van der Waals surface area contributed by atoms with Crippen molar-refractivity contribution in [3.63, 3.8) is 0 Å². The van der Waals surface area contributed by atoms with E-state index in [0.29, 0.717) is 0 Å². The maximum absolute atomic E-state index is 5.32. The highest BCUT2D eigenvalue weighted by atomic mass is 35.5. The second-order valence-electron chi connectivity index (χ2n) is 5.83. The van der Waals surface area contributed by atoms with Crippen LogP contribution in [-0.2, 0) is 20.0 Å². The van der Waals surface area contributed by atoms with Crippen LogP contribution < -0.4 is 4.74 Å². The minimum atomic E-state index is 0. The van der Waals surface area contributed by atoms with Crippen LogP contribution in [0.3, 0.4) is 0 Å². The van der Waals surface area contributed by atoms with Crippen LogP contribution in [0.4, 0.5) is 0 Å². The van der Waals surface area contributed by atoms with E-state index >= 15 is 0 Å². The number of ether oxygens (including phenoxy) is 1. The second-order valence-corrected chi connectivity index (χ2v) is 5.83. The molecule has 0 aliphatic heterocycles. The fourth-order valence-corrected chi connectivity index (χ4v) is 2.92. The van der Waals surface area contributed by atoms with Gasteiger partial charge in [0.1, 0.15) is 5.75 Å². The lowest BCUT2D eigenvalue weighted by molar-refractivity contribution is 0.411. The first kappa shape index (κ1) is 18.1. The van der Waals surface area contributed by atoms with Gasteiger partial charge in [-0.05, 0) is 37.5 Å². The molecule has 6 heteroatoms. The van der Waals surface area contributed by atoms with Crippen molar-refractivity contribution in [3.05, 3.63) is 53.7 Å². The van der Waals surface area contributed by atoms with Gasteiger partial charge in [0.15, 0.2) is 0 Å². The molecule has 2 heterocycles. The smallest absolute Gasteiger partial charge is 0.121 e. The molecule has 3 rings (SSSR count). The van der Waals surface area contributed by atoms with E-state index in [2.05, 4.69) is 33.7 Å². The summed E-state index contributed by atoms with van der Waals surface area (Å²) in [6, 6.07) is 6.34. The average molecular weight is 347 g/mol. The Kier molecular flexibility index (Phi) is 5.67. The monoisotopic (exact) mass is 346 g/mol. The zero-order chi connectivity index (χ0) is 16.4. The predicted octanol–water partition coefficient (Wildman–Crippen LogP) is 3.57. The quantitative estimate of drug-likeness (QED) is 0.709. The van der Waals surface area contributed by atoms with Crippen LogP contribution in [0, 0.1) is 13.8 Å². The number of rotatable bonds is 5. The summed E-state index contributed by atoms with van der Waals surface area (Å²) >= 11 is 0. The third kappa shape index (κ3) is 3.62. The minimum absolute atomic E-state index is 0. The van der Waals surface area contributed by atoms with Crippen LogP contribution in [0.15, 0.2) is 36.9 Å². The van der Waals surface area contributed by atoms with Crippen LogP contribution in [0.1, 0.15) is 16.8 Å². The summed E-state index contributed by atoms with van der Waals surface area (Å²) < 4.78 is 9.34. The van der Waals surface area contributed by atoms with Gasteiger partial charge in [-0.1, -0.05) is 12.1 Å². The average Bonchev–Trinajstić information content (AvgIpc) is 3.11. The molecule has 24 heavy (non-hydrogen) atoms. The number of hydrogen-bond acceptors (Lipinski definition) is 3. The molecule has 0 aliphatic carbocycles. The molecule has 0 N–H and O–H groups in total. The van der Waals surface area contributed by atoms with Crippen LogP contribution >= 0.6 is 12.4 Å². The third-order valence-corrected chi connectivity index (χ3v) is 4.10. The van der Waals surface area contributed by atoms with E-state index < -0.39 is 0 Å². The Balaban J connectivity index is 0.00000208. The van der Waals surface area contributed by atoms with Crippen molar-refractivity contribution < 1.29 is 4.74 Å². The number of aromatic nitrogens is 4. The Morgan fingerprint density at radius 1 is 1.21 bits per heavy atom. The number of benzene rings is 1. The summed E-state index contributed by atoms with van der Waals surface area (Å²) in [5.41, 5.74) is 5.73. The molecular weight excluding hydrogens is 324 g/mol. The van der Waals surface area contributed by atoms with Crippen LogP contribution in [0.25, 0.3) is 11.3 Å². The summed E-state index contributed by atoms with van der Waals surface area (Å²) in [4.78, 5) is 4.31. The van der Waals surface area contributed by atoms with Crippen LogP contribution in [-0.4, -0.2) is 26.4 Å². The van der Waals surface area contributed by atoms with Crippen molar-refractivity contribution in [2.45, 2.75) is 26.8 Å². The summed E-state index contributed by atoms with van der Waals surface area (Å²) in [6.45, 7) is 4.99. The number of methoxy groups -OCH3 is 1. The Hall–Kier alpha value is -2.27. The molecule has 0 spiro atoms. The maximum Gasteiger partial charge on any atom is 0.121 e. The van der Waals surface area contributed by atoms with Gasteiger partial charge in [0.2, 0.25) is 0 Å². The molecular formula is C18H23ClN4O. The fourth-order valence-electron chi connectivity index (χ4n) is 2.92. The first-order valence-corrected chi connectivity index (χ1v) is 7.72. The van der Waals surface area contributed by atoms with Crippen LogP contribution in [0.2, 0.25) is 0 Å². The van der Waals surface area contributed by atoms with E-state index in [1.807, 2.05) is 43.4 Å². The number of aryl methyl sites for hydroxylation is 5. The number of nitrogens with zero attached hydrogens (tertiary/aromatic N) is 4. The van der Waals surface area contributed by atoms with Crippen molar-refractivity contribution in [1.82, 2.24) is 19.3 Å². The number of imidazole rings is 1. The third-order valence-electron chi connectivity index (χ3n) is 4.10. The lowest BCUT2D eigenvalue weighted by Gasteiger charge is -2.10. The molecule has 0 radical (unpaired) electrons. The Bertz CT molecular complexity index is 822. The zero-order valence-corrected chi connectivity index (χ0v) is 15.3. The lowest BCUT2D eigenvalue weighted by atomic mass is 10.1. The highest BCUT2D eigenvalue weighted by Gasteiger charge is 2.11. The van der Waals surface area contributed by atoms with Gasteiger partial charge < -0.3 is 9.30 Å². The Morgan fingerprint density at radius 2 is 2.00 bits per heavy atom. The molecule has 0 aliphatic rings. The molecule has 0 atom stereocenters. The van der Waals surface area contributed by atoms with Gasteiger partial charge in [0.25, 0.3) is 0 Å². The molecule has 0 amide bonds. The molecule has 0 fully saturated rings. The van der Waals surface area contributed by atoms with Gasteiger partial charge in [0.05, 0.1) is 31.0 Å². The lowest BCUT2D eigenvalue weighted by Crippen LogP contribution is -2.02. The second kappa shape index (κ2) is 7.53. The maximum atomic E-state index is 5.32. The SMILES string of the molecule is COc1ccc(CCn2cncc2-c2cn(C)nc2C)cc1C.Cl. The molecule has 3 aromatic rings. The molecule has 0 unspecified atom stereocenters. The summed E-state index contributed by atoms with van der Waals surface area (Å²) in [6.07, 6.45) is 6.79. The molecule has 0 saturated carbocycles. The fraction of sp³-hybridized carbons (Fsp3) is 0.333. The van der Waals surface area contributed by atoms with Gasteiger partial charge in [-0.2, -0.15) is 5.10 Å². The summed E-state index contributed by atoms with van der Waals surface area (Å²) in [5.74, 6) is 0.933. The van der Waals surface area contributed by atoms with Crippen LogP contribution in [0.5, 0.6) is 5.75 Å². The van der Waals surface area contributed by atoms with Gasteiger partial charge in [0, 0.05) is 25.4 Å². The van der Waals surface area contributed by atoms with Crippen molar-refractivity contribution in [2.75, 3.05) is 7.11 Å². The van der Waals surface area contributed by atoms with E-state index in [0.717, 1.165) is 35.7 Å². The van der Waals surface area contributed by atoms with E-state index in [9.17, 15) is 0 Å². The Morgan fingerprint density at radius 3 is 2.62 bits per heavy atom. The van der Waals surface area contributed by atoms with Crippen molar-refractivity contribution in [2.24, 2.45) is 7.05 Å². The molecule has 128 valence electrons. The summed E-state index contributed by atoms with van der Waals surface area (Å²) in [5, 5.41) is 4.42. The summed E-state index contributed by atoms with van der Waals surface area (Å²) in [7, 11) is 3.65. The molecule has 2 aromatic heterocycles. The molecule has 0 saturated heterocycles. The predicted molar refractivity (Wildman–Crippen MR) is 97.8 cm³/mol. The molecule has 5 nitrogen and oxygen atoms in total. The number of hydrogen-bond donors (Lipinski definition) is 0. The van der Waals surface area contributed by atoms with Gasteiger partial charge >= 0.3 is 0 Å². The van der Waals surface area contributed by atoms with Crippen molar-refractivity contribution in [3.8, 4) is 17.0 Å². The highest BCUT2D eigenvalue weighted by molar-refractivity contribution is 5.85. The minimum Gasteiger partial charge on any atom is -0.496 e. The van der Waals surface area contributed by atoms with E-state index in [4.69, 9.17) is 4.74 Å². The first-order chi connectivity index (χ1) is 11.1. The largest absolute Gasteiger partial charge is 0.496 e.